The minimum absolute atomic E-state index is 0.0150. The summed E-state index contributed by atoms with van der Waals surface area (Å²) in [5, 5.41) is 4.87. The summed E-state index contributed by atoms with van der Waals surface area (Å²) in [6, 6.07) is 8.40. The van der Waals surface area contributed by atoms with E-state index in [0.717, 1.165) is 31.1 Å². The number of pyridine rings is 1. The summed E-state index contributed by atoms with van der Waals surface area (Å²) in [5.74, 6) is -0.238. The molecule has 2 aromatic carbocycles. The van der Waals surface area contributed by atoms with E-state index in [1.54, 1.807) is 12.1 Å². The molecule has 1 saturated carbocycles. The number of anilines is 1. The van der Waals surface area contributed by atoms with E-state index in [4.69, 9.17) is 28.9 Å². The molecule has 0 radical (unpaired) electrons. The van der Waals surface area contributed by atoms with Gasteiger partial charge in [-0.1, -0.05) is 23.2 Å². The number of nitrogens with zero attached hydrogens (tertiary/aromatic N) is 1. The van der Waals surface area contributed by atoms with Crippen molar-refractivity contribution in [3.05, 3.63) is 56.5 Å². The second-order valence-corrected chi connectivity index (χ2v) is 8.86. The maximum atomic E-state index is 13.9. The third kappa shape index (κ3) is 3.78. The quantitative estimate of drug-likeness (QED) is 0.338. The summed E-state index contributed by atoms with van der Waals surface area (Å²) in [6.07, 6.45) is 3.63. The number of aromatic amines is 2. The number of halogens is 3. The summed E-state index contributed by atoms with van der Waals surface area (Å²) in [6.45, 7) is 0. The standard InChI is InChI=1S/C22H20Cl2FN5O/c23-10-1-6-16-13(7-10)20(27-12-4-2-11(26)3-5-12)19(22(31)30-16)21-28-17-8-14(24)15(25)9-18(17)29-21/h1,6-9,11-12H,2-5,26H2,(H,28,29)(H2,27,30,31). The van der Waals surface area contributed by atoms with Crippen LogP contribution in [-0.2, 0) is 0 Å². The number of hydrogen-bond donors (Lipinski definition) is 4. The fourth-order valence-electron chi connectivity index (χ4n) is 4.23. The number of nitrogens with one attached hydrogen (secondary N) is 3. The molecule has 0 aliphatic heterocycles. The van der Waals surface area contributed by atoms with Gasteiger partial charge in [0, 0.05) is 28.6 Å². The largest absolute Gasteiger partial charge is 0.381 e. The molecule has 0 saturated heterocycles. The Kier molecular flexibility index (Phi) is 5.12. The van der Waals surface area contributed by atoms with Crippen LogP contribution in [-0.4, -0.2) is 27.0 Å². The number of nitrogens with two attached hydrogens (primary N) is 1. The molecular formula is C22H20Cl2FN5O. The molecule has 1 aliphatic carbocycles. The molecular weight excluding hydrogens is 440 g/mol. The van der Waals surface area contributed by atoms with Crippen molar-refractivity contribution in [3.8, 4) is 11.4 Å². The van der Waals surface area contributed by atoms with Crippen molar-refractivity contribution in [2.75, 3.05) is 5.32 Å². The molecule has 1 aliphatic rings. The highest BCUT2D eigenvalue weighted by atomic mass is 35.5. The molecule has 0 spiro atoms. The van der Waals surface area contributed by atoms with Crippen LogP contribution < -0.4 is 16.6 Å². The molecule has 0 amide bonds. The lowest BCUT2D eigenvalue weighted by Crippen LogP contribution is -2.33. The number of H-pyrrole nitrogens is 2. The van der Waals surface area contributed by atoms with Gasteiger partial charge in [0.25, 0.3) is 5.56 Å². The predicted molar refractivity (Wildman–Crippen MR) is 123 cm³/mol. The lowest BCUT2D eigenvalue weighted by molar-refractivity contribution is 0.411. The average Bonchev–Trinajstić information content (AvgIpc) is 3.12. The van der Waals surface area contributed by atoms with E-state index in [2.05, 4.69) is 20.3 Å². The third-order valence-corrected chi connectivity index (χ3v) is 6.38. The van der Waals surface area contributed by atoms with Crippen LogP contribution in [0.1, 0.15) is 25.7 Å². The highest BCUT2D eigenvalue weighted by Crippen LogP contribution is 2.35. The molecule has 2 heterocycles. The highest BCUT2D eigenvalue weighted by molar-refractivity contribution is 6.31. The maximum absolute atomic E-state index is 13.9. The molecule has 9 heteroatoms. The van der Waals surface area contributed by atoms with Crippen molar-refractivity contribution >= 4 is 50.8 Å². The number of imidazole rings is 1. The summed E-state index contributed by atoms with van der Waals surface area (Å²) in [5.41, 5.74) is 8.33. The molecule has 6 nitrogen and oxygen atoms in total. The van der Waals surface area contributed by atoms with Gasteiger partial charge in [0.05, 0.1) is 27.3 Å². The van der Waals surface area contributed by atoms with Gasteiger partial charge in [0.1, 0.15) is 17.2 Å². The molecule has 5 rings (SSSR count). The van der Waals surface area contributed by atoms with Gasteiger partial charge in [-0.2, -0.15) is 0 Å². The summed E-state index contributed by atoms with van der Waals surface area (Å²) in [7, 11) is 0. The Hall–Kier alpha value is -2.61. The highest BCUT2D eigenvalue weighted by Gasteiger charge is 2.24. The average molecular weight is 460 g/mol. The van der Waals surface area contributed by atoms with Gasteiger partial charge in [0.2, 0.25) is 0 Å². The number of fused-ring (bicyclic) bond motifs is 2. The van der Waals surface area contributed by atoms with E-state index in [0.29, 0.717) is 38.6 Å². The van der Waals surface area contributed by atoms with Crippen molar-refractivity contribution in [2.24, 2.45) is 5.73 Å². The van der Waals surface area contributed by atoms with Gasteiger partial charge in [-0.25, -0.2) is 9.37 Å². The van der Waals surface area contributed by atoms with Gasteiger partial charge >= 0.3 is 0 Å². The smallest absolute Gasteiger partial charge is 0.261 e. The van der Waals surface area contributed by atoms with Gasteiger partial charge in [-0.3, -0.25) is 4.79 Å². The van der Waals surface area contributed by atoms with Crippen molar-refractivity contribution in [1.29, 1.82) is 0 Å². The SMILES string of the molecule is NC1CCC(Nc2c(-c3nc4cc(F)c(Cl)cc4[nH]3)c(=O)[nH]c3ccc(Cl)cc23)CC1. The monoisotopic (exact) mass is 459 g/mol. The molecule has 5 N–H and O–H groups in total. The van der Waals surface area contributed by atoms with E-state index in [-0.39, 0.29) is 22.7 Å². The first kappa shape index (κ1) is 20.3. The van der Waals surface area contributed by atoms with Crippen LogP contribution in [0, 0.1) is 5.82 Å². The van der Waals surface area contributed by atoms with Gasteiger partial charge < -0.3 is 21.0 Å². The Bertz CT molecular complexity index is 1320. The third-order valence-electron chi connectivity index (χ3n) is 5.86. The minimum Gasteiger partial charge on any atom is -0.381 e. The predicted octanol–water partition coefficient (Wildman–Crippen LogP) is 5.20. The topological polar surface area (TPSA) is 99.6 Å². The summed E-state index contributed by atoms with van der Waals surface area (Å²) < 4.78 is 13.9. The van der Waals surface area contributed by atoms with Crippen molar-refractivity contribution in [2.45, 2.75) is 37.8 Å². The minimum atomic E-state index is -0.566. The zero-order valence-corrected chi connectivity index (χ0v) is 17.9. The number of hydrogen-bond acceptors (Lipinski definition) is 4. The zero-order valence-electron chi connectivity index (χ0n) is 16.4. The Morgan fingerprint density at radius 2 is 1.84 bits per heavy atom. The van der Waals surface area contributed by atoms with Gasteiger partial charge in [-0.05, 0) is 49.9 Å². The fraction of sp³-hybridized carbons (Fsp3) is 0.273. The second-order valence-electron chi connectivity index (χ2n) is 8.02. The van der Waals surface area contributed by atoms with Gasteiger partial charge in [-0.15, -0.1) is 0 Å². The summed E-state index contributed by atoms with van der Waals surface area (Å²) in [4.78, 5) is 23.6. The summed E-state index contributed by atoms with van der Waals surface area (Å²) >= 11 is 12.2. The fourth-order valence-corrected chi connectivity index (χ4v) is 4.57. The molecule has 4 aromatic rings. The van der Waals surface area contributed by atoms with E-state index in [9.17, 15) is 9.18 Å². The van der Waals surface area contributed by atoms with E-state index < -0.39 is 5.82 Å². The molecule has 1 fully saturated rings. The van der Waals surface area contributed by atoms with Crippen LogP contribution in [0.3, 0.4) is 0 Å². The van der Waals surface area contributed by atoms with Crippen LogP contribution >= 0.6 is 23.2 Å². The Morgan fingerprint density at radius 3 is 2.61 bits per heavy atom. The normalized spacial score (nSPS) is 19.2. The Morgan fingerprint density at radius 1 is 1.06 bits per heavy atom. The first-order valence-corrected chi connectivity index (χ1v) is 10.9. The van der Waals surface area contributed by atoms with Crippen molar-refractivity contribution in [1.82, 2.24) is 15.0 Å². The first-order valence-electron chi connectivity index (χ1n) is 10.1. The maximum Gasteiger partial charge on any atom is 0.261 e. The van der Waals surface area contributed by atoms with Crippen LogP contribution in [0.15, 0.2) is 35.1 Å². The molecule has 31 heavy (non-hydrogen) atoms. The van der Waals surface area contributed by atoms with Crippen LogP contribution in [0.4, 0.5) is 10.1 Å². The molecule has 160 valence electrons. The van der Waals surface area contributed by atoms with E-state index in [1.807, 2.05) is 6.07 Å². The van der Waals surface area contributed by atoms with Crippen LogP contribution in [0.5, 0.6) is 0 Å². The lowest BCUT2D eigenvalue weighted by atomic mass is 9.91. The van der Waals surface area contributed by atoms with Crippen LogP contribution in [0.25, 0.3) is 33.3 Å². The Labute approximate surface area is 187 Å². The van der Waals surface area contributed by atoms with Crippen molar-refractivity contribution < 1.29 is 4.39 Å². The van der Waals surface area contributed by atoms with E-state index >= 15 is 0 Å². The lowest BCUT2D eigenvalue weighted by Gasteiger charge is -2.28. The molecule has 0 unspecified atom stereocenters. The zero-order chi connectivity index (χ0) is 21.7. The first-order chi connectivity index (χ1) is 14.9. The number of benzene rings is 2. The molecule has 2 aromatic heterocycles. The van der Waals surface area contributed by atoms with Crippen molar-refractivity contribution in [3.63, 3.8) is 0 Å². The molecule has 0 bridgehead atoms. The van der Waals surface area contributed by atoms with Gasteiger partial charge in [0.15, 0.2) is 0 Å². The number of aromatic nitrogens is 3. The van der Waals surface area contributed by atoms with Crippen LogP contribution in [0.2, 0.25) is 10.0 Å². The van der Waals surface area contributed by atoms with E-state index in [1.165, 1.54) is 12.1 Å². The molecule has 0 atom stereocenters. The number of rotatable bonds is 3. The second kappa shape index (κ2) is 7.82. The Balaban J connectivity index is 1.71.